The second kappa shape index (κ2) is 11.0. The number of hydrogen-bond donors (Lipinski definition) is 3. The Morgan fingerprint density at radius 1 is 1.12 bits per heavy atom. The molecule has 1 fully saturated rings. The molecule has 1 saturated heterocycles. The summed E-state index contributed by atoms with van der Waals surface area (Å²) in [4.78, 5) is 14.8. The van der Waals surface area contributed by atoms with Crippen LogP contribution in [0.25, 0.3) is 0 Å². The van der Waals surface area contributed by atoms with Gasteiger partial charge in [0.1, 0.15) is 17.6 Å². The maximum Gasteiger partial charge on any atom is 0.220 e. The number of carbonyl (C=O) groups excluding carboxylic acids is 1. The Labute approximate surface area is 196 Å². The molecular formula is C26H36N4O3. The normalized spacial score (nSPS) is 25.1. The van der Waals surface area contributed by atoms with Crippen LogP contribution >= 0.6 is 0 Å². The molecule has 1 amide bonds. The van der Waals surface area contributed by atoms with E-state index in [4.69, 9.17) is 9.47 Å². The van der Waals surface area contributed by atoms with Crippen LogP contribution in [0.2, 0.25) is 0 Å². The first kappa shape index (κ1) is 23.5. The van der Waals surface area contributed by atoms with Gasteiger partial charge in [0, 0.05) is 55.8 Å². The summed E-state index contributed by atoms with van der Waals surface area (Å²) in [5, 5.41) is 3.12. The van der Waals surface area contributed by atoms with Crippen molar-refractivity contribution in [2.75, 3.05) is 26.7 Å². The van der Waals surface area contributed by atoms with Gasteiger partial charge < -0.3 is 14.8 Å². The van der Waals surface area contributed by atoms with Crippen molar-refractivity contribution in [2.45, 2.75) is 51.4 Å². The van der Waals surface area contributed by atoms with E-state index in [2.05, 4.69) is 47.0 Å². The van der Waals surface area contributed by atoms with E-state index in [0.29, 0.717) is 31.0 Å². The van der Waals surface area contributed by atoms with E-state index in [0.717, 1.165) is 48.7 Å². The topological polar surface area (TPSA) is 74.9 Å². The van der Waals surface area contributed by atoms with Crippen LogP contribution < -0.4 is 25.6 Å². The van der Waals surface area contributed by atoms with Gasteiger partial charge in [0.2, 0.25) is 5.91 Å². The molecule has 3 unspecified atom stereocenters. The molecule has 0 radical (unpaired) electrons. The molecule has 0 spiro atoms. The molecule has 3 N–H and O–H groups in total. The standard InChI is InChI=1S/C26H36N4O3/c1-18-21(19(2)29-28-18)12-13-26(31)27-14-15-30-16-20-8-4-6-10-23(20)33-25(17-30)22-9-5-7-11-24(22)32-3/h4-11,18-19,21,25,28-29H,12-17H2,1-3H3,(H,27,31). The molecule has 2 aromatic rings. The number of hydrazine groups is 1. The van der Waals surface area contributed by atoms with Crippen molar-refractivity contribution < 1.29 is 14.3 Å². The zero-order chi connectivity index (χ0) is 23.2. The number of amides is 1. The third-order valence-corrected chi connectivity index (χ3v) is 6.82. The van der Waals surface area contributed by atoms with E-state index in [-0.39, 0.29) is 12.0 Å². The van der Waals surface area contributed by atoms with E-state index in [1.165, 1.54) is 0 Å². The average Bonchev–Trinajstić information content (AvgIpc) is 3.03. The number of fused-ring (bicyclic) bond motifs is 1. The Hall–Kier alpha value is -2.61. The molecule has 2 aromatic carbocycles. The smallest absolute Gasteiger partial charge is 0.220 e. The predicted octanol–water partition coefficient (Wildman–Crippen LogP) is 3.03. The van der Waals surface area contributed by atoms with Crippen LogP contribution in [0.15, 0.2) is 48.5 Å². The highest BCUT2D eigenvalue weighted by Crippen LogP contribution is 2.34. The zero-order valence-electron chi connectivity index (χ0n) is 19.8. The summed E-state index contributed by atoms with van der Waals surface area (Å²) in [6.07, 6.45) is 1.29. The minimum atomic E-state index is -0.147. The molecule has 7 heteroatoms. The molecule has 0 bridgehead atoms. The molecule has 0 aliphatic carbocycles. The van der Waals surface area contributed by atoms with E-state index in [1.54, 1.807) is 7.11 Å². The molecular weight excluding hydrogens is 416 g/mol. The minimum absolute atomic E-state index is 0.119. The lowest BCUT2D eigenvalue weighted by Crippen LogP contribution is -2.37. The summed E-state index contributed by atoms with van der Waals surface area (Å²) in [5.74, 6) is 2.32. The van der Waals surface area contributed by atoms with Gasteiger partial charge >= 0.3 is 0 Å². The Morgan fingerprint density at radius 3 is 2.64 bits per heavy atom. The highest BCUT2D eigenvalue weighted by atomic mass is 16.5. The third kappa shape index (κ3) is 5.85. The monoisotopic (exact) mass is 452 g/mol. The molecule has 33 heavy (non-hydrogen) atoms. The van der Waals surface area contributed by atoms with Crippen molar-refractivity contribution in [3.63, 3.8) is 0 Å². The van der Waals surface area contributed by atoms with Gasteiger partial charge in [-0.05, 0) is 38.3 Å². The maximum absolute atomic E-state index is 12.5. The van der Waals surface area contributed by atoms with Crippen molar-refractivity contribution in [3.8, 4) is 11.5 Å². The van der Waals surface area contributed by atoms with Crippen molar-refractivity contribution in [2.24, 2.45) is 5.92 Å². The van der Waals surface area contributed by atoms with Gasteiger partial charge in [0.05, 0.1) is 7.11 Å². The van der Waals surface area contributed by atoms with Gasteiger partial charge in [-0.25, -0.2) is 0 Å². The second-order valence-corrected chi connectivity index (χ2v) is 9.11. The summed E-state index contributed by atoms with van der Waals surface area (Å²) in [7, 11) is 1.69. The maximum atomic E-state index is 12.5. The zero-order valence-corrected chi connectivity index (χ0v) is 19.8. The molecule has 4 rings (SSSR count). The van der Waals surface area contributed by atoms with Crippen molar-refractivity contribution in [1.29, 1.82) is 0 Å². The van der Waals surface area contributed by atoms with Crippen LogP contribution in [0.3, 0.4) is 0 Å². The number of hydrogen-bond acceptors (Lipinski definition) is 6. The number of methoxy groups -OCH3 is 1. The van der Waals surface area contributed by atoms with Gasteiger partial charge in [0.15, 0.2) is 0 Å². The molecule has 2 aliphatic rings. The minimum Gasteiger partial charge on any atom is -0.496 e. The fourth-order valence-corrected chi connectivity index (χ4v) is 4.89. The number of nitrogens with zero attached hydrogens (tertiary/aromatic N) is 1. The number of ether oxygens (including phenoxy) is 2. The van der Waals surface area contributed by atoms with E-state index in [1.807, 2.05) is 36.4 Å². The fraction of sp³-hybridized carbons (Fsp3) is 0.500. The number of nitrogens with one attached hydrogen (secondary N) is 3. The number of rotatable bonds is 8. The van der Waals surface area contributed by atoms with Crippen molar-refractivity contribution in [1.82, 2.24) is 21.1 Å². The second-order valence-electron chi connectivity index (χ2n) is 9.11. The fourth-order valence-electron chi connectivity index (χ4n) is 4.89. The van der Waals surface area contributed by atoms with Crippen LogP contribution in [0.4, 0.5) is 0 Å². The van der Waals surface area contributed by atoms with E-state index < -0.39 is 0 Å². The molecule has 0 aromatic heterocycles. The van der Waals surface area contributed by atoms with Crippen LogP contribution in [-0.4, -0.2) is 49.6 Å². The summed E-state index contributed by atoms with van der Waals surface area (Å²) in [5.41, 5.74) is 8.71. The van der Waals surface area contributed by atoms with Crippen molar-refractivity contribution >= 4 is 5.91 Å². The molecule has 0 saturated carbocycles. The molecule has 2 aliphatic heterocycles. The summed E-state index contributed by atoms with van der Waals surface area (Å²) >= 11 is 0. The Bertz CT molecular complexity index is 927. The van der Waals surface area contributed by atoms with Crippen molar-refractivity contribution in [3.05, 3.63) is 59.7 Å². The average molecular weight is 453 g/mol. The highest BCUT2D eigenvalue weighted by molar-refractivity contribution is 5.75. The quantitative estimate of drug-likeness (QED) is 0.572. The lowest BCUT2D eigenvalue weighted by molar-refractivity contribution is -0.121. The molecule has 3 atom stereocenters. The molecule has 2 heterocycles. The van der Waals surface area contributed by atoms with E-state index >= 15 is 0 Å². The van der Waals surface area contributed by atoms with Gasteiger partial charge in [-0.15, -0.1) is 0 Å². The SMILES string of the molecule is COc1ccccc1C1CN(CCNC(=O)CCC2C(C)NNC2C)Cc2ccccc2O1. The first-order valence-electron chi connectivity index (χ1n) is 11.9. The molecule has 178 valence electrons. The lowest BCUT2D eigenvalue weighted by atomic mass is 9.91. The number of para-hydroxylation sites is 2. The van der Waals surface area contributed by atoms with Crippen LogP contribution in [0.5, 0.6) is 11.5 Å². The van der Waals surface area contributed by atoms with Gasteiger partial charge in [-0.1, -0.05) is 36.4 Å². The third-order valence-electron chi connectivity index (χ3n) is 6.82. The largest absolute Gasteiger partial charge is 0.496 e. The predicted molar refractivity (Wildman–Crippen MR) is 129 cm³/mol. The Balaban J connectivity index is 1.36. The van der Waals surface area contributed by atoms with Gasteiger partial charge in [-0.3, -0.25) is 20.5 Å². The van der Waals surface area contributed by atoms with Gasteiger partial charge in [-0.2, -0.15) is 0 Å². The Kier molecular flexibility index (Phi) is 7.85. The molecule has 7 nitrogen and oxygen atoms in total. The summed E-state index contributed by atoms with van der Waals surface area (Å²) in [6.45, 7) is 7.21. The number of benzene rings is 2. The lowest BCUT2D eigenvalue weighted by Gasteiger charge is -2.25. The van der Waals surface area contributed by atoms with E-state index in [9.17, 15) is 4.79 Å². The summed E-state index contributed by atoms with van der Waals surface area (Å²) in [6, 6.07) is 17.0. The first-order valence-corrected chi connectivity index (χ1v) is 11.9. The Morgan fingerprint density at radius 2 is 1.85 bits per heavy atom. The highest BCUT2D eigenvalue weighted by Gasteiger charge is 2.30. The van der Waals surface area contributed by atoms with Crippen LogP contribution in [0.1, 0.15) is 43.9 Å². The van der Waals surface area contributed by atoms with Crippen LogP contribution in [0, 0.1) is 5.92 Å². The first-order chi connectivity index (χ1) is 16.0. The van der Waals surface area contributed by atoms with Gasteiger partial charge in [0.25, 0.3) is 0 Å². The van der Waals surface area contributed by atoms with Crippen LogP contribution in [-0.2, 0) is 11.3 Å². The number of carbonyl (C=O) groups is 1. The summed E-state index contributed by atoms with van der Waals surface area (Å²) < 4.78 is 12.0.